The molecule has 7 heteroatoms. The number of quaternary nitrogens is 1. The van der Waals surface area contributed by atoms with Gasteiger partial charge in [-0.3, -0.25) is 10.1 Å². The Morgan fingerprint density at radius 3 is 2.84 bits per heavy atom. The topological polar surface area (TPSA) is 60.6 Å². The maximum Gasteiger partial charge on any atom is 0.281 e. The molecule has 0 aliphatic heterocycles. The van der Waals surface area contributed by atoms with Crippen LogP contribution in [0.5, 0.6) is 5.75 Å². The number of hydrogen-bond donors (Lipinski definition) is 2. The summed E-state index contributed by atoms with van der Waals surface area (Å²) in [4.78, 5) is 17.7. The second-order valence-electron chi connectivity index (χ2n) is 6.37. The van der Waals surface area contributed by atoms with Crippen molar-refractivity contribution in [3.05, 3.63) is 29.3 Å². The normalized spacial score (nSPS) is 11.3. The van der Waals surface area contributed by atoms with Crippen molar-refractivity contribution in [1.29, 1.82) is 0 Å². The number of likely N-dealkylation sites (N-methyl/N-ethyl adjacent to an activating group) is 1. The number of anilines is 1. The van der Waals surface area contributed by atoms with Crippen LogP contribution in [0, 0.1) is 6.92 Å². The van der Waals surface area contributed by atoms with Crippen molar-refractivity contribution >= 4 is 33.3 Å². The van der Waals surface area contributed by atoms with Crippen LogP contribution >= 0.6 is 11.3 Å². The average Bonchev–Trinajstić information content (AvgIpc) is 3.09. The van der Waals surface area contributed by atoms with Gasteiger partial charge in [0, 0.05) is 34.6 Å². The van der Waals surface area contributed by atoms with Crippen molar-refractivity contribution in [3.8, 4) is 17.0 Å². The maximum atomic E-state index is 11.9. The highest BCUT2D eigenvalue weighted by atomic mass is 32.1. The van der Waals surface area contributed by atoms with Crippen LogP contribution < -0.4 is 15.0 Å². The Morgan fingerprint density at radius 1 is 1.40 bits per heavy atom. The van der Waals surface area contributed by atoms with Gasteiger partial charge in [-0.1, -0.05) is 0 Å². The molecule has 0 saturated heterocycles. The third kappa shape index (κ3) is 3.38. The highest BCUT2D eigenvalue weighted by Gasteiger charge is 2.18. The van der Waals surface area contributed by atoms with Gasteiger partial charge in [-0.15, -0.1) is 11.3 Å². The van der Waals surface area contributed by atoms with Crippen molar-refractivity contribution in [2.75, 3.05) is 33.1 Å². The van der Waals surface area contributed by atoms with Crippen LogP contribution in [0.4, 0.5) is 5.13 Å². The smallest absolute Gasteiger partial charge is 0.281 e. The SMILES string of the molecule is COc1ccc2c(c1)c(-c1csc(NC(=O)C[NH+](C)C)n1)c(C)n2C. The molecule has 0 aliphatic carbocycles. The van der Waals surface area contributed by atoms with Crippen LogP contribution in [-0.4, -0.2) is 43.2 Å². The number of fused-ring (bicyclic) bond motifs is 1. The summed E-state index contributed by atoms with van der Waals surface area (Å²) in [7, 11) is 7.60. The van der Waals surface area contributed by atoms with E-state index in [1.54, 1.807) is 7.11 Å². The van der Waals surface area contributed by atoms with Gasteiger partial charge in [0.1, 0.15) is 5.75 Å². The first-order chi connectivity index (χ1) is 11.9. The molecule has 0 aliphatic rings. The minimum absolute atomic E-state index is 0.0304. The molecule has 0 bridgehead atoms. The number of nitrogens with zero attached hydrogens (tertiary/aromatic N) is 2. The molecule has 25 heavy (non-hydrogen) atoms. The monoisotopic (exact) mass is 359 g/mol. The molecule has 0 unspecified atom stereocenters. The van der Waals surface area contributed by atoms with Gasteiger partial charge < -0.3 is 14.2 Å². The Morgan fingerprint density at radius 2 is 2.16 bits per heavy atom. The fourth-order valence-corrected chi connectivity index (χ4v) is 3.65. The van der Waals surface area contributed by atoms with E-state index in [0.717, 1.165) is 38.5 Å². The van der Waals surface area contributed by atoms with Crippen LogP contribution in [0.3, 0.4) is 0 Å². The third-order valence-corrected chi connectivity index (χ3v) is 4.98. The van der Waals surface area contributed by atoms with Crippen molar-refractivity contribution < 1.29 is 14.4 Å². The van der Waals surface area contributed by atoms with Crippen molar-refractivity contribution in [2.45, 2.75) is 6.92 Å². The summed E-state index contributed by atoms with van der Waals surface area (Å²) in [6, 6.07) is 6.05. The van der Waals surface area contributed by atoms with Gasteiger partial charge in [-0.05, 0) is 25.1 Å². The van der Waals surface area contributed by atoms with E-state index >= 15 is 0 Å². The van der Waals surface area contributed by atoms with Gasteiger partial charge in [0.05, 0.1) is 26.9 Å². The van der Waals surface area contributed by atoms with Gasteiger partial charge >= 0.3 is 0 Å². The number of nitrogens with one attached hydrogen (secondary N) is 2. The quantitative estimate of drug-likeness (QED) is 0.729. The van der Waals surface area contributed by atoms with Crippen LogP contribution in [-0.2, 0) is 11.8 Å². The number of carbonyl (C=O) groups excluding carboxylic acids is 1. The first-order valence-electron chi connectivity index (χ1n) is 8.08. The maximum absolute atomic E-state index is 11.9. The summed E-state index contributed by atoms with van der Waals surface area (Å²) in [6.45, 7) is 2.49. The van der Waals surface area contributed by atoms with Crippen LogP contribution in [0.1, 0.15) is 5.69 Å². The highest BCUT2D eigenvalue weighted by Crippen LogP contribution is 2.37. The standard InChI is InChI=1S/C18H22N4O2S/c1-11-17(13-8-12(24-5)6-7-15(13)22(11)4)14-10-25-18(19-14)20-16(23)9-21(2)3/h6-8,10H,9H2,1-5H3,(H,19,20,23)/p+1. The van der Waals surface area contributed by atoms with E-state index < -0.39 is 0 Å². The van der Waals surface area contributed by atoms with Gasteiger partial charge in [-0.25, -0.2) is 4.98 Å². The van der Waals surface area contributed by atoms with Gasteiger partial charge in [0.2, 0.25) is 0 Å². The number of thiazole rings is 1. The number of methoxy groups -OCH3 is 1. The summed E-state index contributed by atoms with van der Waals surface area (Å²) in [5, 5.41) is 6.58. The van der Waals surface area contributed by atoms with E-state index in [-0.39, 0.29) is 5.91 Å². The fraction of sp³-hybridized carbons (Fsp3) is 0.333. The van der Waals surface area contributed by atoms with Crippen molar-refractivity contribution in [3.63, 3.8) is 0 Å². The second kappa shape index (κ2) is 6.85. The minimum atomic E-state index is -0.0304. The zero-order chi connectivity index (χ0) is 18.1. The zero-order valence-corrected chi connectivity index (χ0v) is 16.0. The van der Waals surface area contributed by atoms with Crippen LogP contribution in [0.15, 0.2) is 23.6 Å². The van der Waals surface area contributed by atoms with E-state index in [1.165, 1.54) is 11.3 Å². The molecular weight excluding hydrogens is 336 g/mol. The van der Waals surface area contributed by atoms with Crippen LogP contribution in [0.25, 0.3) is 22.2 Å². The van der Waals surface area contributed by atoms with E-state index in [0.29, 0.717) is 11.7 Å². The predicted octanol–water partition coefficient (Wildman–Crippen LogP) is 1.70. The van der Waals surface area contributed by atoms with Gasteiger partial charge in [0.25, 0.3) is 5.91 Å². The van der Waals surface area contributed by atoms with E-state index in [9.17, 15) is 4.79 Å². The molecule has 6 nitrogen and oxygen atoms in total. The number of carbonyl (C=O) groups is 1. The molecule has 1 aromatic carbocycles. The molecule has 0 saturated carbocycles. The number of hydrogen-bond acceptors (Lipinski definition) is 4. The Labute approximate surface area is 151 Å². The molecule has 1 amide bonds. The molecule has 0 spiro atoms. The second-order valence-corrected chi connectivity index (χ2v) is 7.23. The zero-order valence-electron chi connectivity index (χ0n) is 15.1. The molecule has 2 heterocycles. The van der Waals surface area contributed by atoms with E-state index in [4.69, 9.17) is 4.74 Å². The lowest BCUT2D eigenvalue weighted by Gasteiger charge is -2.05. The van der Waals surface area contributed by atoms with Gasteiger partial charge in [-0.2, -0.15) is 0 Å². The van der Waals surface area contributed by atoms with Crippen molar-refractivity contribution in [1.82, 2.24) is 9.55 Å². The Hall–Kier alpha value is -2.38. The number of ether oxygens (including phenoxy) is 1. The Balaban J connectivity index is 1.99. The molecule has 0 fully saturated rings. The summed E-state index contributed by atoms with van der Waals surface area (Å²) < 4.78 is 7.52. The van der Waals surface area contributed by atoms with Crippen LogP contribution in [0.2, 0.25) is 0 Å². The number of rotatable bonds is 5. The highest BCUT2D eigenvalue weighted by molar-refractivity contribution is 7.14. The summed E-state index contributed by atoms with van der Waals surface area (Å²) in [6.07, 6.45) is 0. The van der Waals surface area contributed by atoms with Gasteiger partial charge in [0.15, 0.2) is 11.7 Å². The molecular formula is C18H23N4O2S+. The Bertz CT molecular complexity index is 927. The molecule has 2 N–H and O–H groups in total. The molecule has 132 valence electrons. The number of aromatic nitrogens is 2. The first kappa shape index (κ1) is 17.4. The molecule has 0 radical (unpaired) electrons. The number of benzene rings is 1. The molecule has 3 rings (SSSR count). The lowest BCUT2D eigenvalue weighted by Crippen LogP contribution is -3.06. The Kier molecular flexibility index (Phi) is 4.78. The minimum Gasteiger partial charge on any atom is -0.497 e. The van der Waals surface area contributed by atoms with E-state index in [1.807, 2.05) is 38.7 Å². The number of amides is 1. The number of aryl methyl sites for hydroxylation is 1. The van der Waals surface area contributed by atoms with E-state index in [2.05, 4.69) is 27.9 Å². The molecule has 0 atom stereocenters. The molecule has 2 aromatic heterocycles. The summed E-state index contributed by atoms with van der Waals surface area (Å²) in [5.74, 6) is 0.786. The lowest BCUT2D eigenvalue weighted by atomic mass is 10.1. The fourth-order valence-electron chi connectivity index (χ4n) is 2.93. The summed E-state index contributed by atoms with van der Waals surface area (Å²) in [5.41, 5.74) is 4.20. The summed E-state index contributed by atoms with van der Waals surface area (Å²) >= 11 is 1.44. The first-order valence-corrected chi connectivity index (χ1v) is 8.96. The predicted molar refractivity (Wildman–Crippen MR) is 102 cm³/mol. The average molecular weight is 359 g/mol. The largest absolute Gasteiger partial charge is 0.497 e. The lowest BCUT2D eigenvalue weighted by molar-refractivity contribution is -0.849. The van der Waals surface area contributed by atoms with Crippen molar-refractivity contribution in [2.24, 2.45) is 7.05 Å². The molecule has 3 aromatic rings. The third-order valence-electron chi connectivity index (χ3n) is 4.22.